The van der Waals surface area contributed by atoms with Crippen LogP contribution in [-0.2, 0) is 0 Å². The van der Waals surface area contributed by atoms with Crippen molar-refractivity contribution in [2.24, 2.45) is 0 Å². The summed E-state index contributed by atoms with van der Waals surface area (Å²) in [5.74, 6) is -1.94. The molecule has 0 heterocycles. The van der Waals surface area contributed by atoms with Gasteiger partial charge in [-0.05, 0) is 23.3 Å². The van der Waals surface area contributed by atoms with E-state index in [4.69, 9.17) is 11.6 Å². The van der Waals surface area contributed by atoms with E-state index >= 15 is 0 Å². The Kier molecular flexibility index (Phi) is 3.57. The molecule has 3 unspecified atom stereocenters. The highest BCUT2D eigenvalue weighted by Gasteiger charge is 2.92. The van der Waals surface area contributed by atoms with Gasteiger partial charge in [0.1, 0.15) is 16.8 Å². The second-order valence-electron chi connectivity index (χ2n) is 6.99. The summed E-state index contributed by atoms with van der Waals surface area (Å²) in [6.45, 7) is -0.755. The normalized spacial score (nSPS) is 42.2. The predicted octanol–water partition coefficient (Wildman–Crippen LogP) is 0.781. The summed E-state index contributed by atoms with van der Waals surface area (Å²) < 4.78 is 0. The van der Waals surface area contributed by atoms with Crippen molar-refractivity contribution >= 4 is 11.6 Å². The Morgan fingerprint density at radius 2 is 1.48 bits per heavy atom. The molecule has 0 aromatic heterocycles. The molecule has 0 radical (unpaired) electrons. The molecule has 0 bridgehead atoms. The van der Waals surface area contributed by atoms with Crippen LogP contribution in [0.25, 0.3) is 0 Å². The molecule has 0 spiro atoms. The van der Waals surface area contributed by atoms with Crippen LogP contribution < -0.4 is 0 Å². The largest absolute Gasteiger partial charge is 0.393 e. The van der Waals surface area contributed by atoms with Gasteiger partial charge in [0, 0.05) is 10.9 Å². The van der Waals surface area contributed by atoms with Crippen LogP contribution in [0.2, 0.25) is 5.02 Å². The average Bonchev–Trinajstić information content (AvgIpc) is 2.63. The van der Waals surface area contributed by atoms with Gasteiger partial charge in [-0.25, -0.2) is 0 Å². The molecule has 6 heteroatoms. The van der Waals surface area contributed by atoms with Gasteiger partial charge in [-0.1, -0.05) is 54.1 Å². The number of aliphatic hydroxyl groups is 5. The quantitative estimate of drug-likeness (QED) is 0.555. The van der Waals surface area contributed by atoms with Gasteiger partial charge in [-0.3, -0.25) is 0 Å². The molecule has 2 aliphatic carbocycles. The Bertz CT molecular complexity index is 785. The standard InChI is InChI=1S/C19H19ClO5/c20-13-8-6-12(7-9-13)15-17(23,10-21)19(25)14(16(22)18(15,19)24)11-4-2-1-3-5-11/h1-9,14-16,21-25H,10H2/t14?,15?,16?,17-,18-,19-/m0/s1. The Morgan fingerprint density at radius 1 is 0.880 bits per heavy atom. The fraction of sp³-hybridized carbons (Fsp3) is 0.368. The van der Waals surface area contributed by atoms with Gasteiger partial charge in [0.25, 0.3) is 0 Å². The highest BCUT2D eigenvalue weighted by molar-refractivity contribution is 6.30. The van der Waals surface area contributed by atoms with Crippen molar-refractivity contribution in [2.75, 3.05) is 6.61 Å². The van der Waals surface area contributed by atoms with Crippen molar-refractivity contribution < 1.29 is 25.5 Å². The minimum Gasteiger partial charge on any atom is -0.393 e. The van der Waals surface area contributed by atoms with Crippen LogP contribution in [0.4, 0.5) is 0 Å². The van der Waals surface area contributed by atoms with E-state index in [9.17, 15) is 25.5 Å². The summed E-state index contributed by atoms with van der Waals surface area (Å²) in [4.78, 5) is 0. The van der Waals surface area contributed by atoms with E-state index in [1.165, 1.54) is 0 Å². The molecule has 132 valence electrons. The lowest BCUT2D eigenvalue weighted by atomic mass is 9.31. The average molecular weight is 363 g/mol. The van der Waals surface area contributed by atoms with Gasteiger partial charge in [0.05, 0.1) is 18.6 Å². The van der Waals surface area contributed by atoms with Crippen molar-refractivity contribution in [1.82, 2.24) is 0 Å². The summed E-state index contributed by atoms with van der Waals surface area (Å²) in [6.07, 6.45) is -1.28. The minimum absolute atomic E-state index is 0.481. The highest BCUT2D eigenvalue weighted by Crippen LogP contribution is 2.74. The predicted molar refractivity (Wildman–Crippen MR) is 91.3 cm³/mol. The first-order chi connectivity index (χ1) is 11.8. The molecular weight excluding hydrogens is 344 g/mol. The van der Waals surface area contributed by atoms with Crippen LogP contribution in [0.1, 0.15) is 23.0 Å². The van der Waals surface area contributed by atoms with E-state index in [-0.39, 0.29) is 0 Å². The number of aliphatic hydroxyl groups excluding tert-OH is 2. The Labute approximate surface area is 149 Å². The lowest BCUT2D eigenvalue weighted by molar-refractivity contribution is -0.448. The Balaban J connectivity index is 1.81. The van der Waals surface area contributed by atoms with Gasteiger partial charge in [0.15, 0.2) is 0 Å². The molecule has 2 saturated carbocycles. The first-order valence-electron chi connectivity index (χ1n) is 8.09. The summed E-state index contributed by atoms with van der Waals surface area (Å²) in [5, 5.41) is 54.3. The van der Waals surface area contributed by atoms with Crippen LogP contribution in [0, 0.1) is 0 Å². The highest BCUT2D eigenvalue weighted by atomic mass is 35.5. The monoisotopic (exact) mass is 362 g/mol. The molecule has 6 atom stereocenters. The van der Waals surface area contributed by atoms with Crippen molar-refractivity contribution in [2.45, 2.75) is 34.7 Å². The topological polar surface area (TPSA) is 101 Å². The second-order valence-corrected chi connectivity index (χ2v) is 7.43. The van der Waals surface area contributed by atoms with Crippen LogP contribution in [0.15, 0.2) is 54.6 Å². The fourth-order valence-corrected chi connectivity index (χ4v) is 4.98. The van der Waals surface area contributed by atoms with Crippen molar-refractivity contribution in [3.8, 4) is 0 Å². The number of hydrogen-bond acceptors (Lipinski definition) is 5. The van der Waals surface area contributed by atoms with Crippen LogP contribution in [-0.4, -0.2) is 55.0 Å². The van der Waals surface area contributed by atoms with Crippen molar-refractivity contribution in [3.63, 3.8) is 0 Å². The molecule has 2 aromatic carbocycles. The zero-order valence-corrected chi connectivity index (χ0v) is 14.0. The summed E-state index contributed by atoms with van der Waals surface area (Å²) in [7, 11) is 0. The molecule has 0 saturated heterocycles. The van der Waals surface area contributed by atoms with Gasteiger partial charge in [-0.15, -0.1) is 0 Å². The molecule has 5 N–H and O–H groups in total. The number of fused-ring (bicyclic) bond motifs is 1. The number of halogens is 1. The summed E-state index contributed by atoms with van der Waals surface area (Å²) in [5.41, 5.74) is -4.93. The van der Waals surface area contributed by atoms with Crippen molar-refractivity contribution in [3.05, 3.63) is 70.7 Å². The van der Waals surface area contributed by atoms with Crippen LogP contribution in [0.3, 0.4) is 0 Å². The SMILES string of the molecule is OC[C@]1(O)C(c2ccc(Cl)cc2)[C@]2(O)C(O)C(c3ccccc3)[C@@]21O. The van der Waals surface area contributed by atoms with Gasteiger partial charge in [0.2, 0.25) is 0 Å². The minimum atomic E-state index is -2.06. The van der Waals surface area contributed by atoms with Gasteiger partial charge < -0.3 is 25.5 Å². The smallest absolute Gasteiger partial charge is 0.137 e. The van der Waals surface area contributed by atoms with Gasteiger partial charge >= 0.3 is 0 Å². The summed E-state index contributed by atoms with van der Waals surface area (Å²) >= 11 is 5.88. The van der Waals surface area contributed by atoms with E-state index in [0.29, 0.717) is 16.1 Å². The van der Waals surface area contributed by atoms with E-state index in [1.54, 1.807) is 54.6 Å². The maximum absolute atomic E-state index is 11.2. The van der Waals surface area contributed by atoms with E-state index in [2.05, 4.69) is 0 Å². The molecule has 5 nitrogen and oxygen atoms in total. The lowest BCUT2D eigenvalue weighted by Gasteiger charge is -2.79. The number of hydrogen-bond donors (Lipinski definition) is 5. The molecule has 25 heavy (non-hydrogen) atoms. The molecule has 0 amide bonds. The third-order valence-corrected chi connectivity index (χ3v) is 6.26. The molecule has 2 aliphatic rings. The number of benzene rings is 2. The maximum atomic E-state index is 11.2. The second kappa shape index (κ2) is 5.27. The lowest BCUT2D eigenvalue weighted by Crippen LogP contribution is -2.98. The first-order valence-corrected chi connectivity index (χ1v) is 8.46. The van der Waals surface area contributed by atoms with Crippen molar-refractivity contribution in [1.29, 1.82) is 0 Å². The third kappa shape index (κ3) is 1.76. The number of rotatable bonds is 3. The third-order valence-electron chi connectivity index (χ3n) is 6.01. The Hall–Kier alpha value is -1.47. The van der Waals surface area contributed by atoms with Crippen LogP contribution >= 0.6 is 11.6 Å². The fourth-order valence-electron chi connectivity index (χ4n) is 4.85. The maximum Gasteiger partial charge on any atom is 0.137 e. The van der Waals surface area contributed by atoms with E-state index in [1.807, 2.05) is 0 Å². The van der Waals surface area contributed by atoms with E-state index < -0.39 is 41.3 Å². The molecule has 4 rings (SSSR count). The molecular formula is C19H19ClO5. The van der Waals surface area contributed by atoms with E-state index in [0.717, 1.165) is 0 Å². The summed E-state index contributed by atoms with van der Waals surface area (Å²) in [6, 6.07) is 15.1. The first kappa shape index (κ1) is 17.0. The van der Waals surface area contributed by atoms with Gasteiger partial charge in [-0.2, -0.15) is 0 Å². The zero-order valence-electron chi connectivity index (χ0n) is 13.2. The Morgan fingerprint density at radius 3 is 2.04 bits per heavy atom. The molecule has 2 aromatic rings. The zero-order chi connectivity index (χ0) is 18.0. The molecule has 0 aliphatic heterocycles. The van der Waals surface area contributed by atoms with Crippen LogP contribution in [0.5, 0.6) is 0 Å². The molecule has 2 fully saturated rings.